The molecular formula is C15H19NO3S2. The average molecular weight is 325 g/mol. The fourth-order valence-electron chi connectivity index (χ4n) is 2.02. The first-order valence-electron chi connectivity index (χ1n) is 6.81. The van der Waals surface area contributed by atoms with E-state index >= 15 is 0 Å². The second kappa shape index (κ2) is 7.17. The summed E-state index contributed by atoms with van der Waals surface area (Å²) in [5, 5.41) is 8.93. The van der Waals surface area contributed by atoms with E-state index in [4.69, 9.17) is 5.11 Å². The Hall–Kier alpha value is -1.21. The van der Waals surface area contributed by atoms with E-state index in [2.05, 4.69) is 0 Å². The molecule has 0 aliphatic heterocycles. The summed E-state index contributed by atoms with van der Waals surface area (Å²) in [5.41, 5.74) is 0.968. The molecule has 0 fully saturated rings. The number of aliphatic hydroxyl groups is 1. The van der Waals surface area contributed by atoms with Gasteiger partial charge in [-0.05, 0) is 17.7 Å². The molecule has 0 atom stereocenters. The highest BCUT2D eigenvalue weighted by molar-refractivity contribution is 7.91. The van der Waals surface area contributed by atoms with Gasteiger partial charge in [0.2, 0.25) is 0 Å². The van der Waals surface area contributed by atoms with Crippen molar-refractivity contribution in [1.82, 2.24) is 4.31 Å². The molecule has 0 aliphatic carbocycles. The van der Waals surface area contributed by atoms with Gasteiger partial charge in [-0.15, -0.1) is 11.3 Å². The van der Waals surface area contributed by atoms with E-state index in [1.54, 1.807) is 12.1 Å². The van der Waals surface area contributed by atoms with Crippen LogP contribution in [0.4, 0.5) is 0 Å². The van der Waals surface area contributed by atoms with E-state index in [1.165, 1.54) is 15.6 Å². The second-order valence-electron chi connectivity index (χ2n) is 4.61. The van der Waals surface area contributed by atoms with Gasteiger partial charge in [-0.1, -0.05) is 37.3 Å². The molecule has 1 aromatic carbocycles. The molecule has 2 rings (SSSR count). The van der Waals surface area contributed by atoms with Gasteiger partial charge in [0.25, 0.3) is 10.0 Å². The molecule has 1 aromatic heterocycles. The highest BCUT2D eigenvalue weighted by Crippen LogP contribution is 2.26. The van der Waals surface area contributed by atoms with Crippen LogP contribution in [0.15, 0.2) is 46.7 Å². The van der Waals surface area contributed by atoms with Crippen molar-refractivity contribution in [3.8, 4) is 0 Å². The monoisotopic (exact) mass is 325 g/mol. The first kappa shape index (κ1) is 16.2. The van der Waals surface area contributed by atoms with Gasteiger partial charge in [0.15, 0.2) is 0 Å². The van der Waals surface area contributed by atoms with Crippen LogP contribution in [0.3, 0.4) is 0 Å². The van der Waals surface area contributed by atoms with Crippen molar-refractivity contribution in [3.63, 3.8) is 0 Å². The van der Waals surface area contributed by atoms with Crippen LogP contribution in [0.5, 0.6) is 0 Å². The Bertz CT molecular complexity index is 665. The van der Waals surface area contributed by atoms with E-state index in [0.717, 1.165) is 10.4 Å². The zero-order chi connectivity index (χ0) is 15.3. The zero-order valence-corrected chi connectivity index (χ0v) is 13.5. The van der Waals surface area contributed by atoms with E-state index in [0.29, 0.717) is 23.7 Å². The van der Waals surface area contributed by atoms with Gasteiger partial charge in [-0.3, -0.25) is 0 Å². The standard InChI is InChI=1S/C15H19NO3S2/c1-2-16(12-13-6-4-3-5-7-13)21(18,19)15-9-8-14(20-15)10-11-17/h3-9,17H,2,10-12H2,1H3. The number of hydrogen-bond acceptors (Lipinski definition) is 4. The summed E-state index contributed by atoms with van der Waals surface area (Å²) in [5.74, 6) is 0. The molecule has 0 spiro atoms. The topological polar surface area (TPSA) is 57.6 Å². The lowest BCUT2D eigenvalue weighted by molar-refractivity contribution is 0.300. The maximum absolute atomic E-state index is 12.7. The third-order valence-corrected chi connectivity index (χ3v) is 6.68. The normalized spacial score (nSPS) is 12.0. The average Bonchev–Trinajstić information content (AvgIpc) is 2.95. The molecule has 6 heteroatoms. The molecule has 114 valence electrons. The number of hydrogen-bond donors (Lipinski definition) is 1. The Morgan fingerprint density at radius 1 is 1.14 bits per heavy atom. The number of sulfonamides is 1. The maximum atomic E-state index is 12.7. The predicted molar refractivity (Wildman–Crippen MR) is 84.8 cm³/mol. The van der Waals surface area contributed by atoms with Gasteiger partial charge in [0.1, 0.15) is 4.21 Å². The fraction of sp³-hybridized carbons (Fsp3) is 0.333. The van der Waals surface area contributed by atoms with Crippen molar-refractivity contribution in [1.29, 1.82) is 0 Å². The van der Waals surface area contributed by atoms with Gasteiger partial charge < -0.3 is 5.11 Å². The lowest BCUT2D eigenvalue weighted by Crippen LogP contribution is -2.29. The Kier molecular flexibility index (Phi) is 5.52. The van der Waals surface area contributed by atoms with Crippen molar-refractivity contribution in [2.24, 2.45) is 0 Å². The lowest BCUT2D eigenvalue weighted by atomic mass is 10.2. The first-order valence-corrected chi connectivity index (χ1v) is 9.07. The van der Waals surface area contributed by atoms with Crippen molar-refractivity contribution in [3.05, 3.63) is 52.9 Å². The van der Waals surface area contributed by atoms with Gasteiger partial charge in [0, 0.05) is 31.0 Å². The van der Waals surface area contributed by atoms with Crippen molar-refractivity contribution in [2.45, 2.75) is 24.1 Å². The predicted octanol–water partition coefficient (Wildman–Crippen LogP) is 2.49. The van der Waals surface area contributed by atoms with Crippen LogP contribution in [0, 0.1) is 0 Å². The first-order chi connectivity index (χ1) is 10.1. The Balaban J connectivity index is 2.22. The third-order valence-electron chi connectivity index (χ3n) is 3.14. The molecule has 1 heterocycles. The molecule has 0 radical (unpaired) electrons. The van der Waals surface area contributed by atoms with Gasteiger partial charge >= 0.3 is 0 Å². The number of rotatable bonds is 7. The summed E-state index contributed by atoms with van der Waals surface area (Å²) in [4.78, 5) is 0.881. The molecule has 0 unspecified atom stereocenters. The van der Waals surface area contributed by atoms with Crippen LogP contribution < -0.4 is 0 Å². The molecular weight excluding hydrogens is 306 g/mol. The van der Waals surface area contributed by atoms with Crippen LogP contribution in [0.1, 0.15) is 17.4 Å². The molecule has 0 saturated carbocycles. The van der Waals surface area contributed by atoms with Crippen molar-refractivity contribution < 1.29 is 13.5 Å². The number of benzene rings is 1. The minimum Gasteiger partial charge on any atom is -0.396 e. The van der Waals surface area contributed by atoms with E-state index in [1.807, 2.05) is 37.3 Å². The van der Waals surface area contributed by atoms with Crippen LogP contribution in [0.25, 0.3) is 0 Å². The zero-order valence-electron chi connectivity index (χ0n) is 11.9. The third kappa shape index (κ3) is 3.91. The largest absolute Gasteiger partial charge is 0.396 e. The molecule has 0 amide bonds. The summed E-state index contributed by atoms with van der Waals surface area (Å²) in [7, 11) is -3.48. The number of thiophene rings is 1. The second-order valence-corrected chi connectivity index (χ2v) is 7.94. The Morgan fingerprint density at radius 2 is 1.86 bits per heavy atom. The molecule has 1 N–H and O–H groups in total. The Labute approximate surface area is 129 Å². The van der Waals surface area contributed by atoms with E-state index in [9.17, 15) is 8.42 Å². The van der Waals surface area contributed by atoms with Crippen LogP contribution in [-0.4, -0.2) is 31.0 Å². The number of nitrogens with zero attached hydrogens (tertiary/aromatic N) is 1. The quantitative estimate of drug-likeness (QED) is 0.851. The fourth-order valence-corrected chi connectivity index (χ4v) is 4.96. The van der Waals surface area contributed by atoms with Crippen LogP contribution in [-0.2, 0) is 23.0 Å². The summed E-state index contributed by atoms with van der Waals surface area (Å²) < 4.78 is 27.1. The lowest BCUT2D eigenvalue weighted by Gasteiger charge is -2.19. The summed E-state index contributed by atoms with van der Waals surface area (Å²) in [6.07, 6.45) is 0.491. The van der Waals surface area contributed by atoms with Gasteiger partial charge in [0.05, 0.1) is 0 Å². The SMILES string of the molecule is CCN(Cc1ccccc1)S(=O)(=O)c1ccc(CCO)s1. The highest BCUT2D eigenvalue weighted by Gasteiger charge is 2.24. The van der Waals surface area contributed by atoms with Gasteiger partial charge in [-0.25, -0.2) is 8.42 Å². The summed E-state index contributed by atoms with van der Waals surface area (Å²) in [6.45, 7) is 2.65. The van der Waals surface area contributed by atoms with Crippen molar-refractivity contribution >= 4 is 21.4 Å². The molecule has 4 nitrogen and oxygen atoms in total. The molecule has 0 saturated heterocycles. The summed E-state index contributed by atoms with van der Waals surface area (Å²) >= 11 is 1.23. The Morgan fingerprint density at radius 3 is 2.48 bits per heavy atom. The molecule has 0 bridgehead atoms. The molecule has 2 aromatic rings. The van der Waals surface area contributed by atoms with Crippen LogP contribution >= 0.6 is 11.3 Å². The molecule has 21 heavy (non-hydrogen) atoms. The van der Waals surface area contributed by atoms with Crippen molar-refractivity contribution in [2.75, 3.05) is 13.2 Å². The van der Waals surface area contributed by atoms with Gasteiger partial charge in [-0.2, -0.15) is 4.31 Å². The highest BCUT2D eigenvalue weighted by atomic mass is 32.2. The van der Waals surface area contributed by atoms with Crippen LogP contribution in [0.2, 0.25) is 0 Å². The molecule has 0 aliphatic rings. The summed E-state index contributed by atoms with van der Waals surface area (Å²) in [6, 6.07) is 13.0. The maximum Gasteiger partial charge on any atom is 0.252 e. The number of aliphatic hydroxyl groups excluding tert-OH is 1. The smallest absolute Gasteiger partial charge is 0.252 e. The minimum absolute atomic E-state index is 0.0293. The van der Waals surface area contributed by atoms with E-state index < -0.39 is 10.0 Å². The minimum atomic E-state index is -3.48. The van der Waals surface area contributed by atoms with E-state index in [-0.39, 0.29) is 6.61 Å².